The van der Waals surface area contributed by atoms with Crippen LogP contribution in [0.25, 0.3) is 0 Å². The van der Waals surface area contributed by atoms with Crippen molar-refractivity contribution in [1.82, 2.24) is 9.97 Å². The summed E-state index contributed by atoms with van der Waals surface area (Å²) in [5.41, 5.74) is 6.79. The second-order valence-electron chi connectivity index (χ2n) is 2.51. The maximum atomic E-state index is 5.61. The smallest absolute Gasteiger partial charge is 0.0921 e. The van der Waals surface area contributed by atoms with Crippen LogP contribution in [0, 0.1) is 0 Å². The molecule has 0 aromatic carbocycles. The third-order valence-electron chi connectivity index (χ3n) is 1.76. The van der Waals surface area contributed by atoms with Gasteiger partial charge in [-0.05, 0) is 6.42 Å². The van der Waals surface area contributed by atoms with Crippen LogP contribution in [0.5, 0.6) is 0 Å². The third kappa shape index (κ3) is 0.733. The fourth-order valence-electron chi connectivity index (χ4n) is 1.04. The van der Waals surface area contributed by atoms with Crippen molar-refractivity contribution in [3.8, 4) is 0 Å². The van der Waals surface area contributed by atoms with E-state index in [-0.39, 0.29) is 0 Å². The van der Waals surface area contributed by atoms with E-state index in [1.54, 1.807) is 6.33 Å². The Labute approximate surface area is 53.3 Å². The van der Waals surface area contributed by atoms with Gasteiger partial charge in [0.25, 0.3) is 0 Å². The van der Waals surface area contributed by atoms with Crippen LogP contribution >= 0.6 is 0 Å². The molecule has 3 N–H and O–H groups in total. The first kappa shape index (κ1) is 4.99. The minimum Gasteiger partial charge on any atom is -0.348 e. The first-order valence-electron chi connectivity index (χ1n) is 3.12. The first-order chi connectivity index (χ1) is 4.38. The van der Waals surface area contributed by atoms with Gasteiger partial charge in [0.05, 0.1) is 6.33 Å². The van der Waals surface area contributed by atoms with Crippen molar-refractivity contribution in [3.63, 3.8) is 0 Å². The topological polar surface area (TPSA) is 54.7 Å². The number of imidazole rings is 1. The van der Waals surface area contributed by atoms with Gasteiger partial charge in [0, 0.05) is 23.9 Å². The summed E-state index contributed by atoms with van der Waals surface area (Å²) in [5, 5.41) is 0. The SMILES string of the molecule is N[C@@H]1C[C@@H]1c1cnc[nH]1. The number of aromatic nitrogens is 2. The van der Waals surface area contributed by atoms with E-state index in [4.69, 9.17) is 5.73 Å². The highest BCUT2D eigenvalue weighted by atomic mass is 14.9. The fraction of sp³-hybridized carbons (Fsp3) is 0.500. The zero-order valence-electron chi connectivity index (χ0n) is 5.04. The first-order valence-corrected chi connectivity index (χ1v) is 3.12. The van der Waals surface area contributed by atoms with Gasteiger partial charge in [-0.3, -0.25) is 0 Å². The van der Waals surface area contributed by atoms with Crippen molar-refractivity contribution >= 4 is 0 Å². The molecule has 3 heteroatoms. The summed E-state index contributed by atoms with van der Waals surface area (Å²) in [6.07, 6.45) is 4.65. The Morgan fingerprint density at radius 2 is 2.56 bits per heavy atom. The zero-order valence-corrected chi connectivity index (χ0v) is 5.04. The summed E-state index contributed by atoms with van der Waals surface area (Å²) in [7, 11) is 0. The third-order valence-corrected chi connectivity index (χ3v) is 1.76. The van der Waals surface area contributed by atoms with Crippen LogP contribution in [0.1, 0.15) is 18.0 Å². The summed E-state index contributed by atoms with van der Waals surface area (Å²) in [5.74, 6) is 0.562. The van der Waals surface area contributed by atoms with Crippen molar-refractivity contribution in [2.75, 3.05) is 0 Å². The standard InChI is InChI=1S/C6H9N3/c7-5-1-4(5)6-2-8-3-9-6/h2-5H,1,7H2,(H,8,9)/t4-,5+/m0/s1. The summed E-state index contributed by atoms with van der Waals surface area (Å²) >= 11 is 0. The molecule has 0 saturated heterocycles. The van der Waals surface area contributed by atoms with Crippen LogP contribution in [-0.4, -0.2) is 16.0 Å². The van der Waals surface area contributed by atoms with E-state index in [9.17, 15) is 0 Å². The van der Waals surface area contributed by atoms with E-state index in [1.165, 1.54) is 5.69 Å². The molecule has 1 aromatic heterocycles. The van der Waals surface area contributed by atoms with E-state index in [0.717, 1.165) is 6.42 Å². The number of hydrogen-bond acceptors (Lipinski definition) is 2. The Morgan fingerprint density at radius 3 is 3.00 bits per heavy atom. The molecule has 0 amide bonds. The number of rotatable bonds is 1. The maximum absolute atomic E-state index is 5.61. The Kier molecular flexibility index (Phi) is 0.873. The van der Waals surface area contributed by atoms with E-state index in [0.29, 0.717) is 12.0 Å². The van der Waals surface area contributed by atoms with Crippen molar-refractivity contribution in [2.24, 2.45) is 5.73 Å². The fourth-order valence-corrected chi connectivity index (χ4v) is 1.04. The lowest BCUT2D eigenvalue weighted by Gasteiger charge is -1.86. The predicted molar refractivity (Wildman–Crippen MR) is 33.9 cm³/mol. The molecular formula is C6H9N3. The van der Waals surface area contributed by atoms with Gasteiger partial charge in [0.2, 0.25) is 0 Å². The number of aromatic amines is 1. The number of nitrogens with zero attached hydrogens (tertiary/aromatic N) is 1. The second-order valence-corrected chi connectivity index (χ2v) is 2.51. The van der Waals surface area contributed by atoms with E-state index < -0.39 is 0 Å². The van der Waals surface area contributed by atoms with Gasteiger partial charge in [-0.15, -0.1) is 0 Å². The van der Waals surface area contributed by atoms with Crippen LogP contribution in [0.3, 0.4) is 0 Å². The van der Waals surface area contributed by atoms with Gasteiger partial charge >= 0.3 is 0 Å². The zero-order chi connectivity index (χ0) is 6.27. The average Bonchev–Trinajstić information content (AvgIpc) is 2.44. The molecule has 0 unspecified atom stereocenters. The molecule has 1 fully saturated rings. The van der Waals surface area contributed by atoms with Gasteiger partial charge in [0.15, 0.2) is 0 Å². The number of nitrogens with one attached hydrogen (secondary N) is 1. The Bertz CT molecular complexity index is 192. The van der Waals surface area contributed by atoms with E-state index >= 15 is 0 Å². The molecule has 48 valence electrons. The highest BCUT2D eigenvalue weighted by Gasteiger charge is 2.35. The quantitative estimate of drug-likeness (QED) is 0.561. The summed E-state index contributed by atoms with van der Waals surface area (Å²) < 4.78 is 0. The minimum absolute atomic E-state index is 0.380. The monoisotopic (exact) mass is 123 g/mol. The molecule has 1 heterocycles. The summed E-state index contributed by atoms with van der Waals surface area (Å²) in [6.45, 7) is 0. The number of H-pyrrole nitrogens is 1. The van der Waals surface area contributed by atoms with E-state index in [1.807, 2.05) is 6.20 Å². The van der Waals surface area contributed by atoms with Crippen LogP contribution in [0.15, 0.2) is 12.5 Å². The van der Waals surface area contributed by atoms with Gasteiger partial charge < -0.3 is 10.7 Å². The highest BCUT2D eigenvalue weighted by Crippen LogP contribution is 2.37. The van der Waals surface area contributed by atoms with Crippen molar-refractivity contribution in [1.29, 1.82) is 0 Å². The van der Waals surface area contributed by atoms with Crippen LogP contribution in [0.4, 0.5) is 0 Å². The molecule has 9 heavy (non-hydrogen) atoms. The van der Waals surface area contributed by atoms with Gasteiger partial charge in [-0.1, -0.05) is 0 Å². The van der Waals surface area contributed by atoms with Gasteiger partial charge in [0.1, 0.15) is 0 Å². The van der Waals surface area contributed by atoms with Crippen LogP contribution < -0.4 is 5.73 Å². The molecule has 0 aliphatic heterocycles. The van der Waals surface area contributed by atoms with Crippen molar-refractivity contribution in [2.45, 2.75) is 18.4 Å². The van der Waals surface area contributed by atoms with Gasteiger partial charge in [-0.2, -0.15) is 0 Å². The van der Waals surface area contributed by atoms with Crippen LogP contribution in [-0.2, 0) is 0 Å². The lowest BCUT2D eigenvalue weighted by Crippen LogP contribution is -2.00. The molecule has 0 spiro atoms. The molecular weight excluding hydrogens is 114 g/mol. The molecule has 1 aliphatic rings. The molecule has 2 rings (SSSR count). The maximum Gasteiger partial charge on any atom is 0.0921 e. The van der Waals surface area contributed by atoms with Crippen molar-refractivity contribution in [3.05, 3.63) is 18.2 Å². The van der Waals surface area contributed by atoms with Gasteiger partial charge in [-0.25, -0.2) is 4.98 Å². The number of nitrogens with two attached hydrogens (primary N) is 1. The second kappa shape index (κ2) is 1.57. The van der Waals surface area contributed by atoms with Crippen molar-refractivity contribution < 1.29 is 0 Å². The Morgan fingerprint density at radius 1 is 1.78 bits per heavy atom. The molecule has 1 saturated carbocycles. The molecule has 0 radical (unpaired) electrons. The highest BCUT2D eigenvalue weighted by molar-refractivity contribution is 5.16. The molecule has 2 atom stereocenters. The lowest BCUT2D eigenvalue weighted by atomic mass is 10.3. The van der Waals surface area contributed by atoms with E-state index in [2.05, 4.69) is 9.97 Å². The summed E-state index contributed by atoms with van der Waals surface area (Å²) in [6, 6.07) is 0.380. The normalized spacial score (nSPS) is 32.6. The minimum atomic E-state index is 0.380. The summed E-state index contributed by atoms with van der Waals surface area (Å²) in [4.78, 5) is 6.95. The average molecular weight is 123 g/mol. The number of hydrogen-bond donors (Lipinski definition) is 2. The lowest BCUT2D eigenvalue weighted by molar-refractivity contribution is 0.958. The van der Waals surface area contributed by atoms with Crippen LogP contribution in [0.2, 0.25) is 0 Å². The molecule has 1 aromatic rings. The molecule has 1 aliphatic carbocycles. The molecule has 3 nitrogen and oxygen atoms in total. The largest absolute Gasteiger partial charge is 0.348 e. The predicted octanol–water partition coefficient (Wildman–Crippen LogP) is 0.224. The molecule has 0 bridgehead atoms. The Hall–Kier alpha value is -0.830. The Balaban J connectivity index is 2.18.